The Morgan fingerprint density at radius 3 is 2.61 bits per heavy atom. The van der Waals surface area contributed by atoms with Crippen molar-refractivity contribution in [1.29, 1.82) is 0 Å². The van der Waals surface area contributed by atoms with E-state index in [-0.39, 0.29) is 11.7 Å². The molecule has 2 rings (SSSR count). The molecule has 0 heterocycles. The van der Waals surface area contributed by atoms with Crippen molar-refractivity contribution in [1.82, 2.24) is 0 Å². The minimum Gasteiger partial charge on any atom is -0.506 e. The molecule has 0 saturated carbocycles. The average Bonchev–Trinajstić information content (AvgIpc) is 2.33. The summed E-state index contributed by atoms with van der Waals surface area (Å²) in [6.07, 6.45) is 0. The summed E-state index contributed by atoms with van der Waals surface area (Å²) < 4.78 is 0. The van der Waals surface area contributed by atoms with Gasteiger partial charge in [-0.25, -0.2) is 0 Å². The van der Waals surface area contributed by atoms with Crippen molar-refractivity contribution in [3.63, 3.8) is 0 Å². The molecule has 0 aliphatic carbocycles. The van der Waals surface area contributed by atoms with E-state index < -0.39 is 0 Å². The summed E-state index contributed by atoms with van der Waals surface area (Å²) in [6, 6.07) is 11.8. The van der Waals surface area contributed by atoms with Crippen LogP contribution in [-0.4, -0.2) is 11.0 Å². The number of carbonyl (C=O) groups excluding carboxylic acids is 1. The minimum absolute atomic E-state index is 0.0374. The number of aromatic hydroxyl groups is 1. The van der Waals surface area contributed by atoms with Crippen LogP contribution in [0.2, 0.25) is 5.02 Å². The number of aryl methyl sites for hydroxylation is 1. The lowest BCUT2D eigenvalue weighted by atomic mass is 10.2. The molecule has 0 spiro atoms. The Kier molecular flexibility index (Phi) is 3.53. The molecule has 0 atom stereocenters. The van der Waals surface area contributed by atoms with Gasteiger partial charge in [-0.15, -0.1) is 0 Å². The van der Waals surface area contributed by atoms with E-state index in [1.807, 2.05) is 13.0 Å². The van der Waals surface area contributed by atoms with E-state index in [1.54, 1.807) is 36.4 Å². The van der Waals surface area contributed by atoms with Gasteiger partial charge in [0.05, 0.1) is 16.3 Å². The second kappa shape index (κ2) is 5.10. The number of phenols is 1. The normalized spacial score (nSPS) is 10.1. The Morgan fingerprint density at radius 2 is 1.94 bits per heavy atom. The fourth-order valence-electron chi connectivity index (χ4n) is 1.58. The molecule has 2 aromatic rings. The van der Waals surface area contributed by atoms with Crippen LogP contribution in [0.15, 0.2) is 42.5 Å². The van der Waals surface area contributed by atoms with Crippen molar-refractivity contribution >= 4 is 23.2 Å². The lowest BCUT2D eigenvalue weighted by molar-refractivity contribution is 0.102. The number of carbonyl (C=O) groups is 1. The predicted molar refractivity (Wildman–Crippen MR) is 72.2 cm³/mol. The number of amides is 1. The highest BCUT2D eigenvalue weighted by Crippen LogP contribution is 2.25. The Bertz CT molecular complexity index is 596. The first-order valence-corrected chi connectivity index (χ1v) is 5.81. The van der Waals surface area contributed by atoms with Crippen molar-refractivity contribution in [3.05, 3.63) is 58.6 Å². The van der Waals surface area contributed by atoms with Gasteiger partial charge in [-0.05, 0) is 36.8 Å². The first kappa shape index (κ1) is 12.5. The highest BCUT2D eigenvalue weighted by molar-refractivity contribution is 6.34. The first-order chi connectivity index (χ1) is 8.58. The molecule has 0 aliphatic rings. The van der Waals surface area contributed by atoms with Gasteiger partial charge in [0.1, 0.15) is 5.75 Å². The van der Waals surface area contributed by atoms with Gasteiger partial charge in [0.2, 0.25) is 0 Å². The summed E-state index contributed by atoms with van der Waals surface area (Å²) in [7, 11) is 0. The van der Waals surface area contributed by atoms with Gasteiger partial charge in [0, 0.05) is 0 Å². The molecule has 92 valence electrons. The van der Waals surface area contributed by atoms with Gasteiger partial charge in [0.15, 0.2) is 0 Å². The van der Waals surface area contributed by atoms with Crippen LogP contribution in [0.25, 0.3) is 0 Å². The van der Waals surface area contributed by atoms with Crippen molar-refractivity contribution in [2.45, 2.75) is 6.92 Å². The number of nitrogens with one attached hydrogen (secondary N) is 1. The number of phenolic OH excluding ortho intramolecular Hbond substituents is 1. The van der Waals surface area contributed by atoms with E-state index in [0.717, 1.165) is 5.56 Å². The third-order valence-electron chi connectivity index (χ3n) is 2.52. The molecule has 1 amide bonds. The van der Waals surface area contributed by atoms with E-state index in [1.165, 1.54) is 0 Å². The lowest BCUT2D eigenvalue weighted by Gasteiger charge is -2.08. The molecule has 18 heavy (non-hydrogen) atoms. The molecule has 0 aliphatic heterocycles. The van der Waals surface area contributed by atoms with Crippen LogP contribution in [0.5, 0.6) is 5.75 Å². The van der Waals surface area contributed by atoms with Crippen molar-refractivity contribution < 1.29 is 9.90 Å². The first-order valence-electron chi connectivity index (χ1n) is 5.43. The van der Waals surface area contributed by atoms with E-state index in [9.17, 15) is 9.90 Å². The fraction of sp³-hybridized carbons (Fsp3) is 0.0714. The van der Waals surface area contributed by atoms with Gasteiger partial charge in [-0.3, -0.25) is 4.79 Å². The van der Waals surface area contributed by atoms with Gasteiger partial charge in [0.25, 0.3) is 5.91 Å². The van der Waals surface area contributed by atoms with Gasteiger partial charge in [-0.1, -0.05) is 29.8 Å². The maximum Gasteiger partial charge on any atom is 0.257 e. The van der Waals surface area contributed by atoms with Gasteiger partial charge < -0.3 is 10.4 Å². The van der Waals surface area contributed by atoms with Gasteiger partial charge >= 0.3 is 0 Å². The van der Waals surface area contributed by atoms with E-state index in [2.05, 4.69) is 5.32 Å². The van der Waals surface area contributed by atoms with E-state index in [4.69, 9.17) is 11.6 Å². The third kappa shape index (κ3) is 2.63. The van der Waals surface area contributed by atoms with Crippen LogP contribution < -0.4 is 5.32 Å². The molecule has 0 saturated heterocycles. The highest BCUT2D eigenvalue weighted by atomic mass is 35.5. The lowest BCUT2D eigenvalue weighted by Crippen LogP contribution is -2.12. The summed E-state index contributed by atoms with van der Waals surface area (Å²) in [5, 5.41) is 12.7. The maximum absolute atomic E-state index is 12.0. The molecule has 4 heteroatoms. The second-order valence-corrected chi connectivity index (χ2v) is 4.36. The monoisotopic (exact) mass is 261 g/mol. The van der Waals surface area contributed by atoms with Crippen LogP contribution in [0.1, 0.15) is 15.9 Å². The summed E-state index contributed by atoms with van der Waals surface area (Å²) in [5.41, 5.74) is 1.66. The van der Waals surface area contributed by atoms with Crippen LogP contribution >= 0.6 is 11.6 Å². The maximum atomic E-state index is 12.0. The molecule has 0 bridgehead atoms. The molecule has 2 N–H and O–H groups in total. The number of benzene rings is 2. The number of halogens is 1. The topological polar surface area (TPSA) is 49.3 Å². The number of rotatable bonds is 2. The van der Waals surface area contributed by atoms with E-state index in [0.29, 0.717) is 16.3 Å². The Hall–Kier alpha value is -2.00. The third-order valence-corrected chi connectivity index (χ3v) is 2.85. The number of hydrogen-bond acceptors (Lipinski definition) is 2. The molecule has 0 radical (unpaired) electrons. The Balaban J connectivity index is 2.24. The Morgan fingerprint density at radius 1 is 1.22 bits per heavy atom. The summed E-state index contributed by atoms with van der Waals surface area (Å²) in [5.74, 6) is -0.310. The SMILES string of the molecule is Cc1ccc(NC(=O)c2ccccc2Cl)c(O)c1. The van der Waals surface area contributed by atoms with Crippen LogP contribution in [0, 0.1) is 6.92 Å². The minimum atomic E-state index is -0.347. The largest absolute Gasteiger partial charge is 0.506 e. The van der Waals surface area contributed by atoms with Crippen molar-refractivity contribution in [2.75, 3.05) is 5.32 Å². The van der Waals surface area contributed by atoms with E-state index >= 15 is 0 Å². The van der Waals surface area contributed by atoms with Crippen molar-refractivity contribution in [2.24, 2.45) is 0 Å². The smallest absolute Gasteiger partial charge is 0.257 e. The highest BCUT2D eigenvalue weighted by Gasteiger charge is 2.11. The quantitative estimate of drug-likeness (QED) is 0.812. The van der Waals surface area contributed by atoms with Crippen molar-refractivity contribution in [3.8, 4) is 5.75 Å². The molecule has 0 fully saturated rings. The fourth-order valence-corrected chi connectivity index (χ4v) is 1.80. The standard InChI is InChI=1S/C14H12ClNO2/c1-9-6-7-12(13(17)8-9)16-14(18)10-4-2-3-5-11(10)15/h2-8,17H,1H3,(H,16,18). The second-order valence-electron chi connectivity index (χ2n) is 3.95. The van der Waals surface area contributed by atoms with Crippen LogP contribution in [-0.2, 0) is 0 Å². The van der Waals surface area contributed by atoms with Gasteiger partial charge in [-0.2, -0.15) is 0 Å². The predicted octanol–water partition coefficient (Wildman–Crippen LogP) is 3.61. The molecule has 0 unspecified atom stereocenters. The molecule has 2 aromatic carbocycles. The summed E-state index contributed by atoms with van der Waals surface area (Å²) >= 11 is 5.93. The zero-order valence-corrected chi connectivity index (χ0v) is 10.5. The number of anilines is 1. The molecule has 0 aromatic heterocycles. The summed E-state index contributed by atoms with van der Waals surface area (Å²) in [4.78, 5) is 12.0. The molecule has 3 nitrogen and oxygen atoms in total. The molecular formula is C14H12ClNO2. The average molecular weight is 262 g/mol. The summed E-state index contributed by atoms with van der Waals surface area (Å²) in [6.45, 7) is 1.86. The zero-order valence-electron chi connectivity index (χ0n) is 9.77. The Labute approximate surface area is 110 Å². The van der Waals surface area contributed by atoms with Crippen LogP contribution in [0.4, 0.5) is 5.69 Å². The number of hydrogen-bond donors (Lipinski definition) is 2. The zero-order chi connectivity index (χ0) is 13.1. The van der Waals surface area contributed by atoms with Crippen LogP contribution in [0.3, 0.4) is 0 Å². The molecular weight excluding hydrogens is 250 g/mol.